The molecule has 1 rings (SSSR count). The lowest BCUT2D eigenvalue weighted by molar-refractivity contribution is -0.134. The number of carbonyl (C=O) groups is 1. The molecule has 0 radical (unpaired) electrons. The van der Waals surface area contributed by atoms with Crippen molar-refractivity contribution in [3.63, 3.8) is 0 Å². The van der Waals surface area contributed by atoms with E-state index in [-0.39, 0.29) is 11.9 Å². The summed E-state index contributed by atoms with van der Waals surface area (Å²) in [7, 11) is 1.88. The van der Waals surface area contributed by atoms with E-state index in [1.807, 2.05) is 25.8 Å². The highest BCUT2D eigenvalue weighted by atomic mass is 16.2. The number of hydrogen-bond acceptors (Lipinski definition) is 2. The minimum atomic E-state index is 0.0474. The van der Waals surface area contributed by atoms with Crippen molar-refractivity contribution in [2.24, 2.45) is 0 Å². The molecule has 1 fully saturated rings. The van der Waals surface area contributed by atoms with Crippen LogP contribution in [0.1, 0.15) is 40.0 Å². The summed E-state index contributed by atoms with van der Waals surface area (Å²) in [6, 6.07) is 0.825. The van der Waals surface area contributed by atoms with E-state index >= 15 is 0 Å². The summed E-state index contributed by atoms with van der Waals surface area (Å²) in [5, 5.41) is 3.36. The van der Waals surface area contributed by atoms with E-state index in [1.165, 1.54) is 6.42 Å². The fraction of sp³-hybridized carbons (Fsp3) is 0.909. The molecule has 3 nitrogen and oxygen atoms in total. The van der Waals surface area contributed by atoms with Crippen molar-refractivity contribution in [3.05, 3.63) is 0 Å². The number of carbonyl (C=O) groups excluding carboxylic acids is 1. The van der Waals surface area contributed by atoms with Crippen LogP contribution in [-0.2, 0) is 4.79 Å². The Hall–Kier alpha value is -0.570. The van der Waals surface area contributed by atoms with Gasteiger partial charge in [0.15, 0.2) is 0 Å². The summed E-state index contributed by atoms with van der Waals surface area (Å²) in [4.78, 5) is 13.8. The molecule has 0 aromatic rings. The zero-order chi connectivity index (χ0) is 10.7. The average Bonchev–Trinajstić information content (AvgIpc) is 2.15. The minimum Gasteiger partial charge on any atom is -0.342 e. The Labute approximate surface area is 86.9 Å². The van der Waals surface area contributed by atoms with Crippen molar-refractivity contribution >= 4 is 5.91 Å². The first-order chi connectivity index (χ1) is 6.52. The van der Waals surface area contributed by atoms with E-state index < -0.39 is 0 Å². The van der Waals surface area contributed by atoms with Gasteiger partial charge in [0.25, 0.3) is 0 Å². The fourth-order valence-corrected chi connectivity index (χ4v) is 1.83. The Morgan fingerprint density at radius 2 is 2.07 bits per heavy atom. The van der Waals surface area contributed by atoms with Gasteiger partial charge in [-0.25, -0.2) is 0 Å². The monoisotopic (exact) mass is 198 g/mol. The van der Waals surface area contributed by atoms with Crippen molar-refractivity contribution in [1.82, 2.24) is 10.2 Å². The summed E-state index contributed by atoms with van der Waals surface area (Å²) in [5.74, 6) is 0.242. The third-order valence-corrected chi connectivity index (χ3v) is 3.04. The Bertz CT molecular complexity index is 203. The Morgan fingerprint density at radius 1 is 1.43 bits per heavy atom. The number of likely N-dealkylation sites (N-methyl/N-ethyl adjacent to an activating group) is 1. The van der Waals surface area contributed by atoms with Gasteiger partial charge in [-0.3, -0.25) is 4.79 Å². The SMILES string of the molecule is CC1CCCC(C(=O)N(C)C(C)C)N1. The second-order valence-electron chi connectivity index (χ2n) is 4.59. The predicted octanol–water partition coefficient (Wildman–Crippen LogP) is 1.38. The maximum atomic E-state index is 11.9. The Morgan fingerprint density at radius 3 is 2.57 bits per heavy atom. The van der Waals surface area contributed by atoms with E-state index in [0.717, 1.165) is 12.8 Å². The summed E-state index contributed by atoms with van der Waals surface area (Å²) >= 11 is 0. The molecule has 82 valence electrons. The molecule has 2 unspecified atom stereocenters. The van der Waals surface area contributed by atoms with Crippen molar-refractivity contribution in [3.8, 4) is 0 Å². The van der Waals surface area contributed by atoms with E-state index in [4.69, 9.17) is 0 Å². The van der Waals surface area contributed by atoms with Gasteiger partial charge in [-0.05, 0) is 40.0 Å². The molecule has 0 aromatic heterocycles. The van der Waals surface area contributed by atoms with Crippen LogP contribution in [-0.4, -0.2) is 36.0 Å². The molecule has 1 aliphatic rings. The molecule has 0 bridgehead atoms. The molecule has 0 aliphatic carbocycles. The first kappa shape index (κ1) is 11.5. The van der Waals surface area contributed by atoms with Gasteiger partial charge in [0.1, 0.15) is 0 Å². The zero-order valence-corrected chi connectivity index (χ0v) is 9.71. The maximum Gasteiger partial charge on any atom is 0.239 e. The van der Waals surface area contributed by atoms with Gasteiger partial charge in [-0.1, -0.05) is 0 Å². The number of nitrogens with one attached hydrogen (secondary N) is 1. The van der Waals surface area contributed by atoms with E-state index in [9.17, 15) is 4.79 Å². The highest BCUT2D eigenvalue weighted by Gasteiger charge is 2.27. The van der Waals surface area contributed by atoms with Gasteiger partial charge in [0, 0.05) is 19.1 Å². The van der Waals surface area contributed by atoms with Gasteiger partial charge in [0.05, 0.1) is 6.04 Å². The van der Waals surface area contributed by atoms with E-state index in [2.05, 4.69) is 12.2 Å². The third kappa shape index (κ3) is 2.71. The molecule has 1 aliphatic heterocycles. The first-order valence-corrected chi connectivity index (χ1v) is 5.55. The molecule has 0 aromatic carbocycles. The van der Waals surface area contributed by atoms with Crippen LogP contribution in [0.15, 0.2) is 0 Å². The normalized spacial score (nSPS) is 27.8. The number of rotatable bonds is 2. The highest BCUT2D eigenvalue weighted by molar-refractivity contribution is 5.82. The van der Waals surface area contributed by atoms with Crippen LogP contribution in [0, 0.1) is 0 Å². The molecule has 3 heteroatoms. The maximum absolute atomic E-state index is 11.9. The lowest BCUT2D eigenvalue weighted by Gasteiger charge is -2.32. The molecular weight excluding hydrogens is 176 g/mol. The van der Waals surface area contributed by atoms with Crippen molar-refractivity contribution in [2.75, 3.05) is 7.05 Å². The molecule has 1 heterocycles. The van der Waals surface area contributed by atoms with Crippen molar-refractivity contribution in [2.45, 2.75) is 58.2 Å². The van der Waals surface area contributed by atoms with Crippen LogP contribution in [0.2, 0.25) is 0 Å². The quantitative estimate of drug-likeness (QED) is 0.727. The highest BCUT2D eigenvalue weighted by Crippen LogP contribution is 2.14. The average molecular weight is 198 g/mol. The van der Waals surface area contributed by atoms with Crippen molar-refractivity contribution in [1.29, 1.82) is 0 Å². The number of amides is 1. The Balaban J connectivity index is 2.51. The number of hydrogen-bond donors (Lipinski definition) is 1. The van der Waals surface area contributed by atoms with Gasteiger partial charge in [0.2, 0.25) is 5.91 Å². The molecular formula is C11H22N2O. The molecule has 14 heavy (non-hydrogen) atoms. The van der Waals surface area contributed by atoms with Gasteiger partial charge in [-0.2, -0.15) is 0 Å². The van der Waals surface area contributed by atoms with Crippen LogP contribution in [0.25, 0.3) is 0 Å². The largest absolute Gasteiger partial charge is 0.342 e. The molecule has 1 amide bonds. The fourth-order valence-electron chi connectivity index (χ4n) is 1.83. The van der Waals surface area contributed by atoms with E-state index in [1.54, 1.807) is 0 Å². The van der Waals surface area contributed by atoms with Crippen molar-refractivity contribution < 1.29 is 4.79 Å². The van der Waals surface area contributed by atoms with Gasteiger partial charge >= 0.3 is 0 Å². The van der Waals surface area contributed by atoms with Crippen LogP contribution < -0.4 is 5.32 Å². The van der Waals surface area contributed by atoms with Crippen LogP contribution >= 0.6 is 0 Å². The second kappa shape index (κ2) is 4.78. The zero-order valence-electron chi connectivity index (χ0n) is 9.71. The van der Waals surface area contributed by atoms with Gasteiger partial charge in [-0.15, -0.1) is 0 Å². The third-order valence-electron chi connectivity index (χ3n) is 3.04. The smallest absolute Gasteiger partial charge is 0.239 e. The Kier molecular flexibility index (Phi) is 3.93. The summed E-state index contributed by atoms with van der Waals surface area (Å²) < 4.78 is 0. The first-order valence-electron chi connectivity index (χ1n) is 5.55. The molecule has 0 saturated carbocycles. The topological polar surface area (TPSA) is 32.3 Å². The second-order valence-corrected chi connectivity index (χ2v) is 4.59. The minimum absolute atomic E-state index is 0.0474. The van der Waals surface area contributed by atoms with Gasteiger partial charge < -0.3 is 10.2 Å². The molecule has 1 saturated heterocycles. The number of piperidine rings is 1. The number of nitrogens with zero attached hydrogens (tertiary/aromatic N) is 1. The summed E-state index contributed by atoms with van der Waals surface area (Å²) in [6.07, 6.45) is 3.34. The van der Waals surface area contributed by atoms with Crippen LogP contribution in [0.3, 0.4) is 0 Å². The lowest BCUT2D eigenvalue weighted by atomic mass is 9.98. The van der Waals surface area contributed by atoms with Crippen LogP contribution in [0.5, 0.6) is 0 Å². The summed E-state index contributed by atoms with van der Waals surface area (Å²) in [6.45, 7) is 6.24. The molecule has 1 N–H and O–H groups in total. The molecule has 2 atom stereocenters. The predicted molar refractivity (Wildman–Crippen MR) is 58.1 cm³/mol. The lowest BCUT2D eigenvalue weighted by Crippen LogP contribution is -2.51. The molecule has 0 spiro atoms. The van der Waals surface area contributed by atoms with E-state index in [0.29, 0.717) is 12.1 Å². The standard InChI is InChI=1S/C11H22N2O/c1-8(2)13(4)11(14)10-7-5-6-9(3)12-10/h8-10,12H,5-7H2,1-4H3. The summed E-state index contributed by atoms with van der Waals surface area (Å²) in [5.41, 5.74) is 0. The van der Waals surface area contributed by atoms with Crippen LogP contribution in [0.4, 0.5) is 0 Å².